The molecule has 0 atom stereocenters. The standard InChI is InChI=1S/C15H25ClN4/c1-5-17-10-13-12(16)6-7-14(18-13)20-9-8-19(4)15(2,3)11-20/h6-7,17H,5,8-11H2,1-4H3. The molecule has 1 fully saturated rings. The van der Waals surface area contributed by atoms with Crippen LogP contribution < -0.4 is 10.2 Å². The van der Waals surface area contributed by atoms with Gasteiger partial charge >= 0.3 is 0 Å². The largest absolute Gasteiger partial charge is 0.353 e. The molecule has 4 nitrogen and oxygen atoms in total. The third-order valence-electron chi connectivity index (χ3n) is 4.09. The Morgan fingerprint density at radius 1 is 1.35 bits per heavy atom. The maximum atomic E-state index is 6.22. The van der Waals surface area contributed by atoms with Gasteiger partial charge in [0.25, 0.3) is 0 Å². The molecule has 0 spiro atoms. The molecule has 5 heteroatoms. The quantitative estimate of drug-likeness (QED) is 0.924. The maximum Gasteiger partial charge on any atom is 0.129 e. The van der Waals surface area contributed by atoms with E-state index in [0.717, 1.165) is 49.3 Å². The van der Waals surface area contributed by atoms with Crippen molar-refractivity contribution in [1.82, 2.24) is 15.2 Å². The molecule has 0 radical (unpaired) electrons. The van der Waals surface area contributed by atoms with Crippen LogP contribution in [0.1, 0.15) is 26.5 Å². The highest BCUT2D eigenvalue weighted by atomic mass is 35.5. The minimum Gasteiger partial charge on any atom is -0.353 e. The number of aromatic nitrogens is 1. The summed E-state index contributed by atoms with van der Waals surface area (Å²) in [4.78, 5) is 9.49. The molecule has 2 heterocycles. The van der Waals surface area contributed by atoms with Crippen LogP contribution in [0.15, 0.2) is 12.1 Å². The number of rotatable bonds is 4. The predicted octanol–water partition coefficient (Wildman–Crippen LogP) is 2.37. The Labute approximate surface area is 127 Å². The summed E-state index contributed by atoms with van der Waals surface area (Å²) in [5, 5.41) is 4.02. The van der Waals surface area contributed by atoms with Crippen LogP contribution in [0.4, 0.5) is 5.82 Å². The summed E-state index contributed by atoms with van der Waals surface area (Å²) in [5.41, 5.74) is 1.10. The second-order valence-corrected chi connectivity index (χ2v) is 6.44. The molecule has 0 bridgehead atoms. The Balaban J connectivity index is 2.16. The van der Waals surface area contributed by atoms with Gasteiger partial charge in [-0.3, -0.25) is 4.90 Å². The molecule has 0 saturated carbocycles. The number of pyridine rings is 1. The Kier molecular flexibility index (Phi) is 4.89. The molecule has 1 N–H and O–H groups in total. The summed E-state index contributed by atoms with van der Waals surface area (Å²) in [7, 11) is 2.18. The molecule has 2 rings (SSSR count). The molecule has 112 valence electrons. The summed E-state index contributed by atoms with van der Waals surface area (Å²) >= 11 is 6.22. The summed E-state index contributed by atoms with van der Waals surface area (Å²) in [6, 6.07) is 3.99. The van der Waals surface area contributed by atoms with Crippen LogP contribution in [0.2, 0.25) is 5.02 Å². The fourth-order valence-corrected chi connectivity index (χ4v) is 2.62. The molecule has 1 aliphatic rings. The van der Waals surface area contributed by atoms with Crippen molar-refractivity contribution < 1.29 is 0 Å². The van der Waals surface area contributed by atoms with Gasteiger partial charge in [-0.05, 0) is 39.6 Å². The highest BCUT2D eigenvalue weighted by Gasteiger charge is 2.31. The molecular formula is C15H25ClN4. The lowest BCUT2D eigenvalue weighted by atomic mass is 10.00. The van der Waals surface area contributed by atoms with Crippen molar-refractivity contribution in [3.8, 4) is 0 Å². The smallest absolute Gasteiger partial charge is 0.129 e. The average molecular weight is 297 g/mol. The van der Waals surface area contributed by atoms with E-state index in [1.165, 1.54) is 0 Å². The first-order valence-corrected chi connectivity index (χ1v) is 7.64. The second-order valence-electron chi connectivity index (χ2n) is 6.03. The van der Waals surface area contributed by atoms with E-state index in [0.29, 0.717) is 0 Å². The van der Waals surface area contributed by atoms with E-state index < -0.39 is 0 Å². The number of hydrogen-bond acceptors (Lipinski definition) is 4. The molecule has 0 unspecified atom stereocenters. The lowest BCUT2D eigenvalue weighted by molar-refractivity contribution is 0.138. The van der Waals surface area contributed by atoms with Crippen LogP contribution in [0.3, 0.4) is 0 Å². The summed E-state index contributed by atoms with van der Waals surface area (Å²) < 4.78 is 0. The highest BCUT2D eigenvalue weighted by molar-refractivity contribution is 6.31. The third kappa shape index (κ3) is 3.43. The van der Waals surface area contributed by atoms with Crippen molar-refractivity contribution in [3.05, 3.63) is 22.8 Å². The van der Waals surface area contributed by atoms with Crippen LogP contribution in [0.25, 0.3) is 0 Å². The first-order chi connectivity index (χ1) is 9.44. The molecule has 0 aromatic carbocycles. The van der Waals surface area contributed by atoms with E-state index in [2.05, 4.69) is 42.9 Å². The van der Waals surface area contributed by atoms with Crippen LogP contribution in [-0.4, -0.2) is 48.6 Å². The van der Waals surface area contributed by atoms with Gasteiger partial charge in [-0.1, -0.05) is 18.5 Å². The topological polar surface area (TPSA) is 31.4 Å². The van der Waals surface area contributed by atoms with Gasteiger partial charge in [0.05, 0.1) is 10.7 Å². The van der Waals surface area contributed by atoms with Gasteiger partial charge in [0, 0.05) is 31.7 Å². The normalized spacial score (nSPS) is 19.4. The van der Waals surface area contributed by atoms with E-state index in [9.17, 15) is 0 Å². The summed E-state index contributed by atoms with van der Waals surface area (Å²) in [5.74, 6) is 1.03. The van der Waals surface area contributed by atoms with Gasteiger partial charge in [-0.15, -0.1) is 0 Å². The summed E-state index contributed by atoms with van der Waals surface area (Å²) in [6.45, 7) is 11.3. The van der Waals surface area contributed by atoms with Gasteiger partial charge in [-0.25, -0.2) is 4.98 Å². The van der Waals surface area contributed by atoms with Gasteiger partial charge in [0.2, 0.25) is 0 Å². The number of piperazine rings is 1. The highest BCUT2D eigenvalue weighted by Crippen LogP contribution is 2.25. The fraction of sp³-hybridized carbons (Fsp3) is 0.667. The number of nitrogens with one attached hydrogen (secondary N) is 1. The second kappa shape index (κ2) is 6.29. The van der Waals surface area contributed by atoms with E-state index >= 15 is 0 Å². The molecule has 20 heavy (non-hydrogen) atoms. The lowest BCUT2D eigenvalue weighted by Gasteiger charge is -2.45. The summed E-state index contributed by atoms with van der Waals surface area (Å²) in [6.07, 6.45) is 0. The van der Waals surface area contributed by atoms with Gasteiger partial charge in [0.1, 0.15) is 5.82 Å². The number of likely N-dealkylation sites (N-methyl/N-ethyl adjacent to an activating group) is 1. The average Bonchev–Trinajstić information content (AvgIpc) is 2.41. The predicted molar refractivity (Wildman–Crippen MR) is 85.5 cm³/mol. The van der Waals surface area contributed by atoms with Crippen molar-refractivity contribution in [1.29, 1.82) is 0 Å². The van der Waals surface area contributed by atoms with E-state index in [-0.39, 0.29) is 5.54 Å². The van der Waals surface area contributed by atoms with Gasteiger partial charge in [-0.2, -0.15) is 0 Å². The van der Waals surface area contributed by atoms with E-state index in [1.54, 1.807) is 0 Å². The Bertz CT molecular complexity index is 461. The van der Waals surface area contributed by atoms with Crippen LogP contribution in [-0.2, 0) is 6.54 Å². The number of halogens is 1. The zero-order chi connectivity index (χ0) is 14.8. The van der Waals surface area contributed by atoms with Crippen molar-refractivity contribution in [3.63, 3.8) is 0 Å². The number of hydrogen-bond donors (Lipinski definition) is 1. The zero-order valence-electron chi connectivity index (χ0n) is 12.9. The fourth-order valence-electron chi connectivity index (χ4n) is 2.45. The number of anilines is 1. The first-order valence-electron chi connectivity index (χ1n) is 7.26. The maximum absolute atomic E-state index is 6.22. The molecule has 0 amide bonds. The van der Waals surface area contributed by atoms with Crippen LogP contribution in [0.5, 0.6) is 0 Å². The third-order valence-corrected chi connectivity index (χ3v) is 4.43. The zero-order valence-corrected chi connectivity index (χ0v) is 13.7. The van der Waals surface area contributed by atoms with Gasteiger partial charge < -0.3 is 10.2 Å². The van der Waals surface area contributed by atoms with Crippen LogP contribution in [0, 0.1) is 0 Å². The minimum absolute atomic E-state index is 0.168. The molecule has 1 saturated heterocycles. The Morgan fingerprint density at radius 2 is 2.10 bits per heavy atom. The van der Waals surface area contributed by atoms with Crippen LogP contribution >= 0.6 is 11.6 Å². The Morgan fingerprint density at radius 3 is 2.75 bits per heavy atom. The van der Waals surface area contributed by atoms with Gasteiger partial charge in [0.15, 0.2) is 0 Å². The lowest BCUT2D eigenvalue weighted by Crippen LogP contribution is -2.57. The van der Waals surface area contributed by atoms with Crippen molar-refractivity contribution >= 4 is 17.4 Å². The molecule has 0 aliphatic carbocycles. The monoisotopic (exact) mass is 296 g/mol. The van der Waals surface area contributed by atoms with Crippen molar-refractivity contribution in [2.45, 2.75) is 32.9 Å². The number of nitrogens with zero attached hydrogens (tertiary/aromatic N) is 3. The molecule has 1 aromatic heterocycles. The van der Waals surface area contributed by atoms with E-state index in [4.69, 9.17) is 16.6 Å². The first kappa shape index (κ1) is 15.5. The minimum atomic E-state index is 0.168. The Hall–Kier alpha value is -0.840. The van der Waals surface area contributed by atoms with E-state index in [1.807, 2.05) is 12.1 Å². The SMILES string of the molecule is CCNCc1nc(N2CCN(C)C(C)(C)C2)ccc1Cl. The van der Waals surface area contributed by atoms with Crippen molar-refractivity contribution in [2.75, 3.05) is 38.1 Å². The van der Waals surface area contributed by atoms with Crippen molar-refractivity contribution in [2.24, 2.45) is 0 Å². The molecule has 1 aliphatic heterocycles. The molecular weight excluding hydrogens is 272 g/mol. The molecule has 1 aromatic rings.